The van der Waals surface area contributed by atoms with E-state index in [-0.39, 0.29) is 5.91 Å². The van der Waals surface area contributed by atoms with Crippen LogP contribution in [0.3, 0.4) is 0 Å². The minimum Gasteiger partial charge on any atom is -0.295 e. The highest BCUT2D eigenvalue weighted by molar-refractivity contribution is 7.15. The van der Waals surface area contributed by atoms with Gasteiger partial charge in [-0.25, -0.2) is 4.98 Å². The number of benzene rings is 1. The Morgan fingerprint density at radius 3 is 2.70 bits per heavy atom. The number of carbonyl (C=O) groups excluding carboxylic acids is 1. The number of anilines is 1. The molecule has 2 aromatic heterocycles. The number of thiazole rings is 1. The summed E-state index contributed by atoms with van der Waals surface area (Å²) in [5, 5.41) is 14.9. The molecule has 1 amide bonds. The van der Waals surface area contributed by atoms with Crippen LogP contribution in [0.15, 0.2) is 35.7 Å². The van der Waals surface area contributed by atoms with Crippen LogP contribution in [0.5, 0.6) is 0 Å². The summed E-state index contributed by atoms with van der Waals surface area (Å²) in [6, 6.07) is 10.1. The maximum atomic E-state index is 12.2. The number of nitrogens with one attached hydrogen (secondary N) is 1. The second-order valence-corrected chi connectivity index (χ2v) is 7.29. The van der Waals surface area contributed by atoms with Gasteiger partial charge in [0.2, 0.25) is 5.13 Å². The topological polar surface area (TPSA) is 67.8 Å². The molecule has 23 heavy (non-hydrogen) atoms. The summed E-state index contributed by atoms with van der Waals surface area (Å²) in [7, 11) is 0. The van der Waals surface area contributed by atoms with Gasteiger partial charge in [-0.2, -0.15) is 0 Å². The smallest absolute Gasteiger partial charge is 0.276 e. The summed E-state index contributed by atoms with van der Waals surface area (Å²) in [5.74, 6) is 0.0573. The van der Waals surface area contributed by atoms with Gasteiger partial charge in [0.25, 0.3) is 5.91 Å². The van der Waals surface area contributed by atoms with Crippen LogP contribution in [0.2, 0.25) is 0 Å². The number of amides is 1. The van der Waals surface area contributed by atoms with E-state index in [0.29, 0.717) is 16.7 Å². The SMILES string of the molecule is CC(C)c1nnc(NC(=O)c2csc(Cc3ccccc3)n2)s1. The lowest BCUT2D eigenvalue weighted by Gasteiger charge is -1.98. The van der Waals surface area contributed by atoms with E-state index >= 15 is 0 Å². The van der Waals surface area contributed by atoms with Gasteiger partial charge < -0.3 is 0 Å². The van der Waals surface area contributed by atoms with E-state index in [1.807, 2.05) is 32.0 Å². The maximum absolute atomic E-state index is 12.2. The lowest BCUT2D eigenvalue weighted by atomic mass is 10.2. The van der Waals surface area contributed by atoms with Gasteiger partial charge >= 0.3 is 0 Å². The molecule has 3 rings (SSSR count). The van der Waals surface area contributed by atoms with Crippen molar-refractivity contribution in [3.63, 3.8) is 0 Å². The van der Waals surface area contributed by atoms with Crippen LogP contribution < -0.4 is 5.32 Å². The molecule has 1 aromatic carbocycles. The Hall–Kier alpha value is -2.12. The highest BCUT2D eigenvalue weighted by Gasteiger charge is 2.14. The molecular formula is C16H16N4OS2. The molecule has 0 bridgehead atoms. The molecule has 0 spiro atoms. The minimum atomic E-state index is -0.244. The summed E-state index contributed by atoms with van der Waals surface area (Å²) in [6.07, 6.45) is 0.731. The van der Waals surface area contributed by atoms with E-state index in [1.54, 1.807) is 5.38 Å². The zero-order chi connectivity index (χ0) is 16.2. The van der Waals surface area contributed by atoms with Gasteiger partial charge in [0.15, 0.2) is 0 Å². The zero-order valence-electron chi connectivity index (χ0n) is 12.8. The van der Waals surface area contributed by atoms with Crippen LogP contribution in [-0.4, -0.2) is 21.1 Å². The molecule has 2 heterocycles. The molecule has 7 heteroatoms. The number of hydrogen-bond donors (Lipinski definition) is 1. The van der Waals surface area contributed by atoms with E-state index < -0.39 is 0 Å². The average molecular weight is 344 g/mol. The Morgan fingerprint density at radius 2 is 2.00 bits per heavy atom. The van der Waals surface area contributed by atoms with Crippen molar-refractivity contribution in [2.45, 2.75) is 26.2 Å². The molecule has 118 valence electrons. The highest BCUT2D eigenvalue weighted by Crippen LogP contribution is 2.23. The Morgan fingerprint density at radius 1 is 1.22 bits per heavy atom. The van der Waals surface area contributed by atoms with Crippen molar-refractivity contribution in [1.29, 1.82) is 0 Å². The van der Waals surface area contributed by atoms with Gasteiger partial charge in [-0.3, -0.25) is 10.1 Å². The average Bonchev–Trinajstić information content (AvgIpc) is 3.18. The van der Waals surface area contributed by atoms with Crippen molar-refractivity contribution in [2.75, 3.05) is 5.32 Å². The Labute approximate surface area is 142 Å². The zero-order valence-corrected chi connectivity index (χ0v) is 14.4. The van der Waals surface area contributed by atoms with Crippen molar-refractivity contribution in [2.24, 2.45) is 0 Å². The molecule has 0 unspecified atom stereocenters. The summed E-state index contributed by atoms with van der Waals surface area (Å²) in [5.41, 5.74) is 1.60. The van der Waals surface area contributed by atoms with Crippen LogP contribution in [0, 0.1) is 0 Å². The molecule has 3 aromatic rings. The molecule has 0 aliphatic heterocycles. The summed E-state index contributed by atoms with van der Waals surface area (Å²) >= 11 is 2.88. The van der Waals surface area contributed by atoms with E-state index in [0.717, 1.165) is 16.4 Å². The Bertz CT molecular complexity index is 795. The highest BCUT2D eigenvalue weighted by atomic mass is 32.1. The number of hydrogen-bond acceptors (Lipinski definition) is 6. The van der Waals surface area contributed by atoms with Gasteiger partial charge in [-0.05, 0) is 5.56 Å². The minimum absolute atomic E-state index is 0.244. The summed E-state index contributed by atoms with van der Waals surface area (Å²) in [6.45, 7) is 4.09. The van der Waals surface area contributed by atoms with Crippen molar-refractivity contribution in [3.05, 3.63) is 57.0 Å². The van der Waals surface area contributed by atoms with Crippen LogP contribution in [0.4, 0.5) is 5.13 Å². The lowest BCUT2D eigenvalue weighted by molar-refractivity contribution is 0.102. The predicted molar refractivity (Wildman–Crippen MR) is 93.3 cm³/mol. The van der Waals surface area contributed by atoms with E-state index in [1.165, 1.54) is 28.2 Å². The van der Waals surface area contributed by atoms with Gasteiger partial charge in [0.1, 0.15) is 10.7 Å². The number of nitrogens with zero attached hydrogens (tertiary/aromatic N) is 3. The molecule has 0 atom stereocenters. The predicted octanol–water partition coefficient (Wildman–Crippen LogP) is 3.96. The van der Waals surface area contributed by atoms with Crippen LogP contribution in [0.25, 0.3) is 0 Å². The normalized spacial score (nSPS) is 10.9. The standard InChI is InChI=1S/C16H16N4OS2/c1-10(2)15-19-20-16(23-15)18-14(21)12-9-22-13(17-12)8-11-6-4-3-5-7-11/h3-7,9-10H,8H2,1-2H3,(H,18,20,21). The molecule has 0 radical (unpaired) electrons. The third kappa shape index (κ3) is 4.00. The molecule has 0 fully saturated rings. The first-order valence-corrected chi connectivity index (χ1v) is 8.94. The fourth-order valence-electron chi connectivity index (χ4n) is 1.95. The molecule has 5 nitrogen and oxygen atoms in total. The van der Waals surface area contributed by atoms with Gasteiger partial charge in [-0.1, -0.05) is 55.5 Å². The van der Waals surface area contributed by atoms with E-state index in [9.17, 15) is 4.79 Å². The van der Waals surface area contributed by atoms with Crippen molar-refractivity contribution < 1.29 is 4.79 Å². The first-order valence-electron chi connectivity index (χ1n) is 7.25. The third-order valence-electron chi connectivity index (χ3n) is 3.14. The third-order valence-corrected chi connectivity index (χ3v) is 5.13. The molecule has 0 aliphatic rings. The molecule has 0 saturated heterocycles. The Balaban J connectivity index is 1.66. The first kappa shape index (κ1) is 15.8. The summed E-state index contributed by atoms with van der Waals surface area (Å²) < 4.78 is 0. The number of rotatable bonds is 5. The Kier molecular flexibility index (Phi) is 4.78. The van der Waals surface area contributed by atoms with Gasteiger partial charge in [0.05, 0.1) is 5.01 Å². The number of aromatic nitrogens is 3. The van der Waals surface area contributed by atoms with Crippen LogP contribution in [0.1, 0.15) is 45.8 Å². The van der Waals surface area contributed by atoms with Crippen molar-refractivity contribution in [1.82, 2.24) is 15.2 Å². The summed E-state index contributed by atoms with van der Waals surface area (Å²) in [4.78, 5) is 16.6. The first-order chi connectivity index (χ1) is 11.1. The van der Waals surface area contributed by atoms with Gasteiger partial charge in [-0.15, -0.1) is 21.5 Å². The molecule has 0 saturated carbocycles. The van der Waals surface area contributed by atoms with Gasteiger partial charge in [0, 0.05) is 17.7 Å². The van der Waals surface area contributed by atoms with Crippen molar-refractivity contribution in [3.8, 4) is 0 Å². The largest absolute Gasteiger partial charge is 0.295 e. The second-order valence-electron chi connectivity index (χ2n) is 5.34. The van der Waals surface area contributed by atoms with E-state index in [2.05, 4.69) is 32.6 Å². The quantitative estimate of drug-likeness (QED) is 0.761. The molecular weight excluding hydrogens is 328 g/mol. The maximum Gasteiger partial charge on any atom is 0.276 e. The van der Waals surface area contributed by atoms with Crippen molar-refractivity contribution >= 4 is 33.7 Å². The second kappa shape index (κ2) is 6.97. The molecule has 0 aliphatic carbocycles. The fraction of sp³-hybridized carbons (Fsp3) is 0.250. The van der Waals surface area contributed by atoms with E-state index in [4.69, 9.17) is 0 Å². The monoisotopic (exact) mass is 344 g/mol. The van der Waals surface area contributed by atoms with Crippen LogP contribution >= 0.6 is 22.7 Å². The van der Waals surface area contributed by atoms with Crippen LogP contribution in [-0.2, 0) is 6.42 Å². The lowest BCUT2D eigenvalue weighted by Crippen LogP contribution is -2.12. The fourth-order valence-corrected chi connectivity index (χ4v) is 3.50. The molecule has 1 N–H and O–H groups in total. The number of carbonyl (C=O) groups is 1.